The zero-order valence-electron chi connectivity index (χ0n) is 12.8. The molecule has 1 heterocycles. The van der Waals surface area contributed by atoms with Crippen LogP contribution in [0.1, 0.15) is 23.7 Å². The molecular formula is C16H25NO2Sn. The van der Waals surface area contributed by atoms with Gasteiger partial charge < -0.3 is 0 Å². The van der Waals surface area contributed by atoms with Gasteiger partial charge in [0.2, 0.25) is 0 Å². The van der Waals surface area contributed by atoms with Gasteiger partial charge in [0.25, 0.3) is 0 Å². The molecule has 110 valence electrons. The van der Waals surface area contributed by atoms with E-state index in [0.717, 1.165) is 38.3 Å². The third-order valence-corrected chi connectivity index (χ3v) is 10.9. The molecular weight excluding hydrogens is 357 g/mol. The quantitative estimate of drug-likeness (QED) is 0.580. The zero-order valence-corrected chi connectivity index (χ0v) is 16.1. The minimum atomic E-state index is -1.61. The van der Waals surface area contributed by atoms with Gasteiger partial charge in [-0.25, -0.2) is 0 Å². The van der Waals surface area contributed by atoms with Crippen molar-refractivity contribution in [3.05, 3.63) is 29.8 Å². The van der Waals surface area contributed by atoms with Gasteiger partial charge in [-0.05, 0) is 0 Å². The van der Waals surface area contributed by atoms with E-state index in [1.807, 2.05) is 12.1 Å². The molecule has 0 saturated carbocycles. The number of carbonyl (C=O) groups is 1. The van der Waals surface area contributed by atoms with Crippen molar-refractivity contribution in [1.82, 2.24) is 0 Å². The van der Waals surface area contributed by atoms with Crippen LogP contribution in [0.5, 0.6) is 0 Å². The fourth-order valence-corrected chi connectivity index (χ4v) is 7.80. The summed E-state index contributed by atoms with van der Waals surface area (Å²) in [4.78, 5) is 19.5. The number of anilines is 1. The second-order valence-electron chi connectivity index (χ2n) is 5.77. The number of rotatable bonds is 5. The number of Topliss-reactive ketones (excluding diaryl/α,β-unsaturated/α-hetero) is 1. The number of hydrogen-bond acceptors (Lipinski definition) is 3. The number of ketones is 1. The summed E-state index contributed by atoms with van der Waals surface area (Å²) in [5.41, 5.74) is 2.09. The zero-order chi connectivity index (χ0) is 14.5. The molecule has 2 rings (SSSR count). The van der Waals surface area contributed by atoms with Crippen LogP contribution < -0.4 is 4.90 Å². The summed E-state index contributed by atoms with van der Waals surface area (Å²) in [6.45, 7) is 5.60. The first-order chi connectivity index (χ1) is 9.63. The molecule has 0 aromatic heterocycles. The van der Waals surface area contributed by atoms with Crippen LogP contribution >= 0.6 is 0 Å². The summed E-state index contributed by atoms with van der Waals surface area (Å²) >= 11 is -1.61. The molecule has 0 spiro atoms. The first kappa shape index (κ1) is 15.8. The van der Waals surface area contributed by atoms with Gasteiger partial charge in [-0.3, -0.25) is 0 Å². The van der Waals surface area contributed by atoms with E-state index in [1.54, 1.807) is 0 Å². The molecule has 1 aliphatic rings. The van der Waals surface area contributed by atoms with E-state index in [4.69, 9.17) is 4.74 Å². The van der Waals surface area contributed by atoms with Gasteiger partial charge in [0.1, 0.15) is 0 Å². The van der Waals surface area contributed by atoms with Crippen LogP contribution in [0.25, 0.3) is 0 Å². The fraction of sp³-hybridized carbons (Fsp3) is 0.562. The van der Waals surface area contributed by atoms with Crippen molar-refractivity contribution in [2.75, 3.05) is 31.2 Å². The summed E-state index contributed by atoms with van der Waals surface area (Å²) in [6, 6.07) is 8.18. The fourth-order valence-electron chi connectivity index (χ4n) is 2.83. The second kappa shape index (κ2) is 7.46. The van der Waals surface area contributed by atoms with Crippen LogP contribution in [0.15, 0.2) is 24.3 Å². The van der Waals surface area contributed by atoms with Gasteiger partial charge in [-0.1, -0.05) is 0 Å². The molecule has 1 aromatic carbocycles. The van der Waals surface area contributed by atoms with Crippen molar-refractivity contribution < 1.29 is 9.53 Å². The molecule has 1 unspecified atom stereocenters. The molecule has 0 aliphatic carbocycles. The number of ether oxygens (including phenoxy) is 1. The summed E-state index contributed by atoms with van der Waals surface area (Å²) in [7, 11) is 0. The van der Waals surface area contributed by atoms with E-state index < -0.39 is 19.8 Å². The Balaban J connectivity index is 2.09. The summed E-state index contributed by atoms with van der Waals surface area (Å²) in [6.07, 6.45) is 0.998. The average Bonchev–Trinajstić information content (AvgIpc) is 2.48. The van der Waals surface area contributed by atoms with Crippen LogP contribution in [0.4, 0.5) is 5.69 Å². The van der Waals surface area contributed by atoms with Crippen molar-refractivity contribution in [2.45, 2.75) is 27.2 Å². The van der Waals surface area contributed by atoms with Gasteiger partial charge >= 0.3 is 129 Å². The molecule has 0 N–H and O–H groups in total. The molecule has 1 aromatic rings. The van der Waals surface area contributed by atoms with Crippen molar-refractivity contribution in [3.8, 4) is 0 Å². The first-order valence-corrected chi connectivity index (χ1v) is 16.1. The Hall–Kier alpha value is -0.551. The van der Waals surface area contributed by atoms with E-state index in [-0.39, 0.29) is 0 Å². The Labute approximate surface area is 129 Å². The number of carbonyl (C=O) groups excluding carboxylic acids is 1. The monoisotopic (exact) mass is 383 g/mol. The van der Waals surface area contributed by atoms with Gasteiger partial charge in [0.15, 0.2) is 0 Å². The van der Waals surface area contributed by atoms with Gasteiger partial charge in [0, 0.05) is 0 Å². The second-order valence-corrected chi connectivity index (χ2v) is 15.2. The van der Waals surface area contributed by atoms with Crippen molar-refractivity contribution in [1.29, 1.82) is 0 Å². The normalized spacial score (nSPS) is 17.3. The number of benzene rings is 1. The number of nitrogens with zero attached hydrogens (tertiary/aromatic N) is 1. The van der Waals surface area contributed by atoms with E-state index in [9.17, 15) is 4.79 Å². The molecule has 1 atom stereocenters. The van der Waals surface area contributed by atoms with Gasteiger partial charge in [-0.15, -0.1) is 0 Å². The third-order valence-electron chi connectivity index (χ3n) is 4.11. The molecule has 0 radical (unpaired) electrons. The van der Waals surface area contributed by atoms with E-state index in [1.165, 1.54) is 5.69 Å². The Bertz CT molecular complexity index is 438. The molecule has 20 heavy (non-hydrogen) atoms. The SMILES string of the molecule is CC[CH](C(=O)c1ccc(N2CCOCC2)cc1)[SnH]([CH3])[CH3]. The minimum absolute atomic E-state index is 0.339. The number of hydrogen-bond donors (Lipinski definition) is 0. The molecule has 1 saturated heterocycles. The van der Waals surface area contributed by atoms with E-state index in [2.05, 4.69) is 33.8 Å². The maximum absolute atomic E-state index is 12.5. The summed E-state index contributed by atoms with van der Waals surface area (Å²) in [5, 5.41) is 0. The van der Waals surface area contributed by atoms with E-state index in [0.29, 0.717) is 9.72 Å². The predicted octanol–water partition coefficient (Wildman–Crippen LogP) is 2.97. The van der Waals surface area contributed by atoms with Crippen LogP contribution in [0.2, 0.25) is 13.8 Å². The molecule has 3 nitrogen and oxygen atoms in total. The number of morpholine rings is 1. The van der Waals surface area contributed by atoms with Gasteiger partial charge in [-0.2, -0.15) is 0 Å². The van der Waals surface area contributed by atoms with Crippen molar-refractivity contribution in [3.63, 3.8) is 0 Å². The molecule has 0 amide bonds. The maximum atomic E-state index is 12.5. The Kier molecular flexibility index (Phi) is 5.90. The summed E-state index contributed by atoms with van der Waals surface area (Å²) < 4.78 is 5.71. The van der Waals surface area contributed by atoms with Gasteiger partial charge in [0.05, 0.1) is 0 Å². The predicted molar refractivity (Wildman–Crippen MR) is 86.7 cm³/mol. The van der Waals surface area contributed by atoms with E-state index >= 15 is 0 Å². The third kappa shape index (κ3) is 3.76. The Morgan fingerprint density at radius 3 is 2.35 bits per heavy atom. The first-order valence-electron chi connectivity index (χ1n) is 7.60. The average molecular weight is 382 g/mol. The standard InChI is InChI=1S/C14H18NO2.2CH3.Sn.H/c1-2-3-14(16)12-4-6-13(7-5-12)15-8-10-17-11-9-15;;;;/h3-7H,2,8-11H2,1H3;2*1H3;;. The topological polar surface area (TPSA) is 29.5 Å². The van der Waals surface area contributed by atoms with Crippen LogP contribution in [-0.4, -0.2) is 51.8 Å². The Morgan fingerprint density at radius 1 is 1.25 bits per heavy atom. The molecule has 1 fully saturated rings. The van der Waals surface area contributed by atoms with Crippen LogP contribution in [-0.2, 0) is 4.74 Å². The van der Waals surface area contributed by atoms with Crippen molar-refractivity contribution in [2.24, 2.45) is 0 Å². The molecule has 1 aliphatic heterocycles. The molecule has 0 bridgehead atoms. The van der Waals surface area contributed by atoms with Crippen LogP contribution in [0.3, 0.4) is 0 Å². The Morgan fingerprint density at radius 2 is 1.85 bits per heavy atom. The summed E-state index contributed by atoms with van der Waals surface area (Å²) in [5.74, 6) is 0.367. The molecule has 4 heteroatoms. The van der Waals surface area contributed by atoms with Crippen molar-refractivity contribution >= 4 is 31.2 Å². The van der Waals surface area contributed by atoms with Crippen LogP contribution in [0, 0.1) is 0 Å².